The molecule has 0 saturated heterocycles. The second-order valence-corrected chi connectivity index (χ2v) is 7.82. The third-order valence-electron chi connectivity index (χ3n) is 2.90. The highest BCUT2D eigenvalue weighted by molar-refractivity contribution is 9.10. The molecule has 114 valence electrons. The summed E-state index contributed by atoms with van der Waals surface area (Å²) in [5, 5.41) is 7.71. The Balaban J connectivity index is 1.96. The fourth-order valence-electron chi connectivity index (χ4n) is 1.74. The average Bonchev–Trinajstić information content (AvgIpc) is 3.04. The van der Waals surface area contributed by atoms with E-state index in [1.807, 2.05) is 37.8 Å². The zero-order chi connectivity index (χ0) is 15.4. The Kier molecular flexibility index (Phi) is 5.92. The van der Waals surface area contributed by atoms with Gasteiger partial charge < -0.3 is 10.2 Å². The summed E-state index contributed by atoms with van der Waals surface area (Å²) in [5.74, 6) is -0.0978. The van der Waals surface area contributed by atoms with Gasteiger partial charge in [0.15, 0.2) is 0 Å². The van der Waals surface area contributed by atoms with Crippen molar-refractivity contribution >= 4 is 44.5 Å². The van der Waals surface area contributed by atoms with Crippen LogP contribution in [0.25, 0.3) is 9.88 Å². The van der Waals surface area contributed by atoms with Crippen LogP contribution in [-0.4, -0.2) is 42.5 Å². The molecule has 2 aromatic heterocycles. The first kappa shape index (κ1) is 16.6. The Morgan fingerprint density at radius 3 is 2.81 bits per heavy atom. The molecule has 0 bridgehead atoms. The standard InChI is InChI=1S/C14H18BrN3OS2/c1-9(4-5-18(2)3)16-13(19)11-8-21-14(17-11)12-6-10(15)7-20-12/h6-9H,4-5H2,1-3H3,(H,16,19). The van der Waals surface area contributed by atoms with Gasteiger partial charge in [0.25, 0.3) is 5.91 Å². The maximum atomic E-state index is 12.2. The smallest absolute Gasteiger partial charge is 0.270 e. The number of amides is 1. The number of aromatic nitrogens is 1. The van der Waals surface area contributed by atoms with Gasteiger partial charge in [-0.2, -0.15) is 0 Å². The van der Waals surface area contributed by atoms with Gasteiger partial charge in [-0.25, -0.2) is 4.98 Å². The maximum Gasteiger partial charge on any atom is 0.270 e. The molecule has 0 spiro atoms. The van der Waals surface area contributed by atoms with E-state index in [1.54, 1.807) is 11.3 Å². The molecule has 21 heavy (non-hydrogen) atoms. The van der Waals surface area contributed by atoms with Crippen molar-refractivity contribution in [2.45, 2.75) is 19.4 Å². The molecule has 0 aliphatic rings. The molecule has 0 saturated carbocycles. The first-order valence-electron chi connectivity index (χ1n) is 6.61. The number of nitrogens with zero attached hydrogens (tertiary/aromatic N) is 2. The van der Waals surface area contributed by atoms with Gasteiger partial charge >= 0.3 is 0 Å². The molecular weight excluding hydrogens is 370 g/mol. The lowest BCUT2D eigenvalue weighted by Crippen LogP contribution is -2.34. The van der Waals surface area contributed by atoms with Crippen LogP contribution in [0.5, 0.6) is 0 Å². The maximum absolute atomic E-state index is 12.2. The summed E-state index contributed by atoms with van der Waals surface area (Å²) in [4.78, 5) is 19.8. The molecule has 1 atom stereocenters. The fraction of sp³-hybridized carbons (Fsp3) is 0.429. The number of thiophene rings is 1. The van der Waals surface area contributed by atoms with E-state index in [4.69, 9.17) is 0 Å². The van der Waals surface area contributed by atoms with Crippen LogP contribution in [0.1, 0.15) is 23.8 Å². The van der Waals surface area contributed by atoms with Gasteiger partial charge in [0.05, 0.1) is 4.88 Å². The normalized spacial score (nSPS) is 12.6. The van der Waals surface area contributed by atoms with Crippen LogP contribution in [0.2, 0.25) is 0 Å². The molecule has 1 unspecified atom stereocenters. The highest BCUT2D eigenvalue weighted by Gasteiger charge is 2.15. The molecule has 0 aliphatic carbocycles. The largest absolute Gasteiger partial charge is 0.348 e. The topological polar surface area (TPSA) is 45.2 Å². The summed E-state index contributed by atoms with van der Waals surface area (Å²) in [6.45, 7) is 2.97. The van der Waals surface area contributed by atoms with Gasteiger partial charge in [-0.3, -0.25) is 4.79 Å². The van der Waals surface area contributed by atoms with E-state index in [-0.39, 0.29) is 11.9 Å². The molecule has 1 amide bonds. The van der Waals surface area contributed by atoms with Gasteiger partial charge in [-0.15, -0.1) is 22.7 Å². The van der Waals surface area contributed by atoms with Crippen molar-refractivity contribution in [1.82, 2.24) is 15.2 Å². The SMILES string of the molecule is CC(CCN(C)C)NC(=O)c1csc(-c2cc(Br)cs2)n1. The van der Waals surface area contributed by atoms with Crippen LogP contribution in [-0.2, 0) is 0 Å². The third-order valence-corrected chi connectivity index (χ3v) is 5.60. The Hall–Kier alpha value is -0.760. The highest BCUT2D eigenvalue weighted by Crippen LogP contribution is 2.31. The van der Waals surface area contributed by atoms with E-state index in [9.17, 15) is 4.79 Å². The Morgan fingerprint density at radius 2 is 2.19 bits per heavy atom. The quantitative estimate of drug-likeness (QED) is 0.821. The predicted molar refractivity (Wildman–Crippen MR) is 93.2 cm³/mol. The molecule has 0 aliphatic heterocycles. The minimum atomic E-state index is -0.0978. The predicted octanol–water partition coefficient (Wildman–Crippen LogP) is 3.70. The molecular formula is C14H18BrN3OS2. The molecule has 1 N–H and O–H groups in total. The molecule has 2 aromatic rings. The van der Waals surface area contributed by atoms with Crippen molar-refractivity contribution < 1.29 is 4.79 Å². The minimum Gasteiger partial charge on any atom is -0.348 e. The van der Waals surface area contributed by atoms with Gasteiger partial charge in [0, 0.05) is 21.3 Å². The van der Waals surface area contributed by atoms with Crippen molar-refractivity contribution in [1.29, 1.82) is 0 Å². The summed E-state index contributed by atoms with van der Waals surface area (Å²) >= 11 is 6.55. The van der Waals surface area contributed by atoms with Crippen molar-refractivity contribution in [3.8, 4) is 9.88 Å². The number of hydrogen-bond acceptors (Lipinski definition) is 5. The van der Waals surface area contributed by atoms with E-state index in [1.165, 1.54) is 11.3 Å². The second-order valence-electron chi connectivity index (χ2n) is 5.13. The lowest BCUT2D eigenvalue weighted by Gasteiger charge is -2.15. The molecule has 7 heteroatoms. The van der Waals surface area contributed by atoms with E-state index in [0.29, 0.717) is 5.69 Å². The van der Waals surface area contributed by atoms with Gasteiger partial charge in [-0.05, 0) is 56.0 Å². The summed E-state index contributed by atoms with van der Waals surface area (Å²) in [5.41, 5.74) is 0.497. The Labute approximate surface area is 141 Å². The zero-order valence-corrected chi connectivity index (χ0v) is 15.4. The van der Waals surface area contributed by atoms with E-state index >= 15 is 0 Å². The molecule has 2 heterocycles. The van der Waals surface area contributed by atoms with Crippen LogP contribution in [0.15, 0.2) is 21.3 Å². The monoisotopic (exact) mass is 387 g/mol. The highest BCUT2D eigenvalue weighted by atomic mass is 79.9. The van der Waals surface area contributed by atoms with Crippen LogP contribution < -0.4 is 5.32 Å². The van der Waals surface area contributed by atoms with Crippen molar-refractivity contribution in [2.24, 2.45) is 0 Å². The van der Waals surface area contributed by atoms with E-state index < -0.39 is 0 Å². The van der Waals surface area contributed by atoms with Crippen molar-refractivity contribution in [3.05, 3.63) is 27.0 Å². The van der Waals surface area contributed by atoms with Crippen LogP contribution in [0.3, 0.4) is 0 Å². The third kappa shape index (κ3) is 4.88. The summed E-state index contributed by atoms with van der Waals surface area (Å²) in [6.07, 6.45) is 0.924. The molecule has 0 aromatic carbocycles. The van der Waals surface area contributed by atoms with Gasteiger partial charge in [-0.1, -0.05) is 0 Å². The van der Waals surface area contributed by atoms with Crippen molar-refractivity contribution in [2.75, 3.05) is 20.6 Å². The summed E-state index contributed by atoms with van der Waals surface area (Å²) in [7, 11) is 4.06. The van der Waals surface area contributed by atoms with Crippen LogP contribution in [0, 0.1) is 0 Å². The lowest BCUT2D eigenvalue weighted by molar-refractivity contribution is 0.0932. The minimum absolute atomic E-state index is 0.0978. The van der Waals surface area contributed by atoms with Gasteiger partial charge in [0.1, 0.15) is 10.7 Å². The number of nitrogens with one attached hydrogen (secondary N) is 1. The zero-order valence-electron chi connectivity index (χ0n) is 12.2. The summed E-state index contributed by atoms with van der Waals surface area (Å²) < 4.78 is 1.04. The fourth-order valence-corrected chi connectivity index (χ4v) is 4.05. The van der Waals surface area contributed by atoms with Gasteiger partial charge in [0.2, 0.25) is 0 Å². The van der Waals surface area contributed by atoms with E-state index in [2.05, 4.69) is 31.1 Å². The number of hydrogen-bond donors (Lipinski definition) is 1. The average molecular weight is 388 g/mol. The van der Waals surface area contributed by atoms with Crippen molar-refractivity contribution in [3.63, 3.8) is 0 Å². The number of carbonyl (C=O) groups excluding carboxylic acids is 1. The number of rotatable bonds is 6. The lowest BCUT2D eigenvalue weighted by atomic mass is 10.2. The Morgan fingerprint density at radius 1 is 1.43 bits per heavy atom. The number of thiazole rings is 1. The van der Waals surface area contributed by atoms with E-state index in [0.717, 1.165) is 27.3 Å². The second kappa shape index (κ2) is 7.49. The van der Waals surface area contributed by atoms with Crippen LogP contribution >= 0.6 is 38.6 Å². The summed E-state index contributed by atoms with van der Waals surface area (Å²) in [6, 6.07) is 2.16. The molecule has 4 nitrogen and oxygen atoms in total. The first-order chi connectivity index (χ1) is 9.95. The molecule has 2 rings (SSSR count). The molecule has 0 radical (unpaired) electrons. The molecule has 0 fully saturated rings. The number of halogens is 1. The number of carbonyl (C=O) groups is 1. The van der Waals surface area contributed by atoms with Crippen LogP contribution in [0.4, 0.5) is 0 Å². The first-order valence-corrected chi connectivity index (χ1v) is 9.16. The Bertz CT molecular complexity index is 609.